The van der Waals surface area contributed by atoms with Gasteiger partial charge in [-0.2, -0.15) is 5.10 Å². The Morgan fingerprint density at radius 2 is 1.77 bits per heavy atom. The van der Waals surface area contributed by atoms with Gasteiger partial charge in [0.2, 0.25) is 0 Å². The van der Waals surface area contributed by atoms with Crippen molar-refractivity contribution < 1.29 is 4.79 Å². The molecule has 156 valence electrons. The number of piperazine rings is 1. The predicted octanol–water partition coefficient (Wildman–Crippen LogP) is 1.84. The molecule has 0 spiro atoms. The number of carbonyl (C=O) groups excluding carboxylic acids is 1. The predicted molar refractivity (Wildman–Crippen MR) is 116 cm³/mol. The summed E-state index contributed by atoms with van der Waals surface area (Å²) in [4.78, 5) is 38.3. The highest BCUT2D eigenvalue weighted by Gasteiger charge is 2.25. The maximum atomic E-state index is 12.8. The van der Waals surface area contributed by atoms with Gasteiger partial charge in [-0.15, -0.1) is 11.3 Å². The molecule has 1 fully saturated rings. The first-order valence-electron chi connectivity index (χ1n) is 9.95. The van der Waals surface area contributed by atoms with E-state index in [0.29, 0.717) is 26.2 Å². The molecule has 4 rings (SSSR count). The second kappa shape index (κ2) is 8.85. The number of amides is 1. The van der Waals surface area contributed by atoms with E-state index in [9.17, 15) is 9.59 Å². The monoisotopic (exact) mass is 424 g/mol. The molecule has 1 amide bonds. The van der Waals surface area contributed by atoms with Gasteiger partial charge in [0.15, 0.2) is 0 Å². The molecule has 3 aromatic rings. The minimum Gasteiger partial charge on any atom is -0.335 e. The number of hydrogen-bond donors (Lipinski definition) is 0. The van der Waals surface area contributed by atoms with Crippen LogP contribution in [-0.2, 0) is 6.54 Å². The molecule has 0 unspecified atom stereocenters. The lowest BCUT2D eigenvalue weighted by atomic mass is 10.2. The van der Waals surface area contributed by atoms with Crippen LogP contribution in [0, 0.1) is 13.8 Å². The van der Waals surface area contributed by atoms with Crippen LogP contribution in [0.5, 0.6) is 0 Å². The number of aromatic nitrogens is 4. The van der Waals surface area contributed by atoms with Gasteiger partial charge in [-0.05, 0) is 32.0 Å². The summed E-state index contributed by atoms with van der Waals surface area (Å²) in [6, 6.07) is 7.04. The summed E-state index contributed by atoms with van der Waals surface area (Å²) in [7, 11) is 0. The van der Waals surface area contributed by atoms with Crippen LogP contribution in [0.15, 0.2) is 41.5 Å². The normalized spacial score (nSPS) is 14.8. The van der Waals surface area contributed by atoms with Crippen LogP contribution in [0.4, 0.5) is 0 Å². The van der Waals surface area contributed by atoms with Gasteiger partial charge in [0, 0.05) is 56.7 Å². The minimum absolute atomic E-state index is 0.0701. The molecule has 9 heteroatoms. The van der Waals surface area contributed by atoms with Crippen molar-refractivity contribution in [2.75, 3.05) is 32.7 Å². The van der Waals surface area contributed by atoms with Gasteiger partial charge >= 0.3 is 0 Å². The van der Waals surface area contributed by atoms with Crippen LogP contribution in [0.1, 0.15) is 20.4 Å². The lowest BCUT2D eigenvalue weighted by molar-refractivity contribution is 0.0635. The summed E-state index contributed by atoms with van der Waals surface area (Å²) in [5.41, 5.74) is 2.38. The van der Waals surface area contributed by atoms with E-state index in [2.05, 4.69) is 20.0 Å². The van der Waals surface area contributed by atoms with E-state index in [0.717, 1.165) is 39.9 Å². The summed E-state index contributed by atoms with van der Waals surface area (Å²) in [6.45, 7) is 7.95. The summed E-state index contributed by atoms with van der Waals surface area (Å²) < 4.78 is 1.51. The topological polar surface area (TPSA) is 84.2 Å². The van der Waals surface area contributed by atoms with Gasteiger partial charge in [0.25, 0.3) is 11.5 Å². The standard InChI is InChI=1S/C21H24N6O2S/c1-15-20(30-16(2)23-15)21(29)26-12-9-25(10-13-26)11-14-27-19(28)4-3-18(24-27)17-5-7-22-8-6-17/h3-8H,9-14H2,1-2H3. The largest absolute Gasteiger partial charge is 0.335 e. The van der Waals surface area contributed by atoms with E-state index in [1.165, 1.54) is 16.0 Å². The van der Waals surface area contributed by atoms with E-state index in [-0.39, 0.29) is 11.5 Å². The van der Waals surface area contributed by atoms with E-state index in [1.54, 1.807) is 24.5 Å². The van der Waals surface area contributed by atoms with Crippen molar-refractivity contribution in [2.45, 2.75) is 20.4 Å². The first-order chi connectivity index (χ1) is 14.5. The van der Waals surface area contributed by atoms with E-state index < -0.39 is 0 Å². The third-order valence-corrected chi connectivity index (χ3v) is 6.29. The number of hydrogen-bond acceptors (Lipinski definition) is 7. The van der Waals surface area contributed by atoms with Crippen LogP contribution in [0.25, 0.3) is 11.3 Å². The second-order valence-electron chi connectivity index (χ2n) is 7.30. The average molecular weight is 425 g/mol. The fourth-order valence-electron chi connectivity index (χ4n) is 3.57. The third kappa shape index (κ3) is 4.47. The average Bonchev–Trinajstić information content (AvgIpc) is 3.11. The molecule has 0 aliphatic carbocycles. The third-order valence-electron chi connectivity index (χ3n) is 5.23. The molecule has 0 N–H and O–H groups in total. The zero-order valence-corrected chi connectivity index (χ0v) is 17.9. The van der Waals surface area contributed by atoms with Gasteiger partial charge < -0.3 is 4.90 Å². The molecule has 3 aromatic heterocycles. The second-order valence-corrected chi connectivity index (χ2v) is 8.50. The molecule has 0 aromatic carbocycles. The van der Waals surface area contributed by atoms with Crippen molar-refractivity contribution >= 4 is 17.2 Å². The van der Waals surface area contributed by atoms with Crippen molar-refractivity contribution in [3.05, 3.63) is 62.6 Å². The van der Waals surface area contributed by atoms with Crippen molar-refractivity contribution in [3.8, 4) is 11.3 Å². The lowest BCUT2D eigenvalue weighted by Crippen LogP contribution is -2.49. The molecule has 30 heavy (non-hydrogen) atoms. The maximum absolute atomic E-state index is 12.8. The summed E-state index contributed by atoms with van der Waals surface area (Å²) in [6.07, 6.45) is 3.42. The number of aryl methyl sites for hydroxylation is 2. The van der Waals surface area contributed by atoms with Crippen molar-refractivity contribution in [1.82, 2.24) is 29.5 Å². The Kier molecular flexibility index (Phi) is 6.01. The molecule has 1 aliphatic heterocycles. The zero-order valence-electron chi connectivity index (χ0n) is 17.1. The summed E-state index contributed by atoms with van der Waals surface area (Å²) >= 11 is 1.46. The SMILES string of the molecule is Cc1nc(C)c(C(=O)N2CCN(CCn3nc(-c4ccncc4)ccc3=O)CC2)s1. The molecule has 4 heterocycles. The maximum Gasteiger partial charge on any atom is 0.266 e. The Balaban J connectivity index is 1.34. The van der Waals surface area contributed by atoms with E-state index in [1.807, 2.05) is 30.9 Å². The lowest BCUT2D eigenvalue weighted by Gasteiger charge is -2.34. The fourth-order valence-corrected chi connectivity index (χ4v) is 4.46. The van der Waals surface area contributed by atoms with Gasteiger partial charge in [0.05, 0.1) is 22.9 Å². The molecule has 0 saturated carbocycles. The number of carbonyl (C=O) groups is 1. The van der Waals surface area contributed by atoms with Gasteiger partial charge in [-0.25, -0.2) is 9.67 Å². The minimum atomic E-state index is -0.113. The van der Waals surface area contributed by atoms with Crippen LogP contribution < -0.4 is 5.56 Å². The van der Waals surface area contributed by atoms with Gasteiger partial charge in [0.1, 0.15) is 4.88 Å². The van der Waals surface area contributed by atoms with Crippen LogP contribution in [0.2, 0.25) is 0 Å². The Hall–Kier alpha value is -2.91. The van der Waals surface area contributed by atoms with E-state index >= 15 is 0 Å². The molecular formula is C21H24N6O2S. The Labute approximate surface area is 178 Å². The molecule has 0 radical (unpaired) electrons. The fraction of sp³-hybridized carbons (Fsp3) is 0.381. The number of nitrogens with zero attached hydrogens (tertiary/aromatic N) is 6. The first-order valence-corrected chi connectivity index (χ1v) is 10.8. The van der Waals surface area contributed by atoms with Crippen molar-refractivity contribution in [1.29, 1.82) is 0 Å². The Morgan fingerprint density at radius 1 is 1.03 bits per heavy atom. The number of thiazole rings is 1. The smallest absolute Gasteiger partial charge is 0.266 e. The first kappa shape index (κ1) is 20.4. The number of rotatable bonds is 5. The highest BCUT2D eigenvalue weighted by atomic mass is 32.1. The van der Waals surface area contributed by atoms with Crippen LogP contribution in [0.3, 0.4) is 0 Å². The Bertz CT molecular complexity index is 1090. The van der Waals surface area contributed by atoms with Crippen molar-refractivity contribution in [2.24, 2.45) is 0 Å². The molecule has 0 bridgehead atoms. The molecule has 1 aliphatic rings. The highest BCUT2D eigenvalue weighted by molar-refractivity contribution is 7.13. The van der Waals surface area contributed by atoms with Gasteiger partial charge in [-0.1, -0.05) is 0 Å². The van der Waals surface area contributed by atoms with Gasteiger partial charge in [-0.3, -0.25) is 19.5 Å². The highest BCUT2D eigenvalue weighted by Crippen LogP contribution is 2.20. The van der Waals surface area contributed by atoms with Crippen molar-refractivity contribution in [3.63, 3.8) is 0 Å². The molecular weight excluding hydrogens is 400 g/mol. The zero-order chi connectivity index (χ0) is 21.1. The molecule has 8 nitrogen and oxygen atoms in total. The Morgan fingerprint density at radius 3 is 2.43 bits per heavy atom. The summed E-state index contributed by atoms with van der Waals surface area (Å²) in [5, 5.41) is 5.42. The van der Waals surface area contributed by atoms with Crippen LogP contribution in [-0.4, -0.2) is 68.2 Å². The molecule has 0 atom stereocenters. The van der Waals surface area contributed by atoms with E-state index in [4.69, 9.17) is 0 Å². The summed E-state index contributed by atoms with van der Waals surface area (Å²) in [5.74, 6) is 0.0701. The number of pyridine rings is 1. The quantitative estimate of drug-likeness (QED) is 0.621. The molecule has 1 saturated heterocycles. The van der Waals surface area contributed by atoms with Crippen LogP contribution >= 0.6 is 11.3 Å².